The van der Waals surface area contributed by atoms with Crippen molar-refractivity contribution in [2.75, 3.05) is 0 Å². The third-order valence-corrected chi connectivity index (χ3v) is 2.74. The molecule has 0 spiro atoms. The van der Waals surface area contributed by atoms with Gasteiger partial charge in [0.15, 0.2) is 0 Å². The molecule has 0 aromatic heterocycles. The van der Waals surface area contributed by atoms with Crippen molar-refractivity contribution >= 4 is 0 Å². The maximum absolute atomic E-state index is 5.87. The first kappa shape index (κ1) is 12.0. The van der Waals surface area contributed by atoms with E-state index in [2.05, 4.69) is 20.8 Å². The van der Waals surface area contributed by atoms with E-state index in [9.17, 15) is 0 Å². The minimum absolute atomic E-state index is 0.441. The fourth-order valence-corrected chi connectivity index (χ4v) is 1.61. The molecule has 1 heteroatoms. The predicted octanol–water partition coefficient (Wildman–Crippen LogP) is 3.33. The number of nitrogens with two attached hydrogens (primary N) is 1. The van der Waals surface area contributed by atoms with Crippen LogP contribution in [0.3, 0.4) is 0 Å². The highest BCUT2D eigenvalue weighted by Crippen LogP contribution is 2.18. The standard InChI is InChI=1S/C11H25N/c1-4-7-10(5-2)8-9-11(12)6-3/h10-11H,4-9,12H2,1-3H3. The summed E-state index contributed by atoms with van der Waals surface area (Å²) >= 11 is 0. The van der Waals surface area contributed by atoms with Crippen LogP contribution in [0.15, 0.2) is 0 Å². The van der Waals surface area contributed by atoms with E-state index >= 15 is 0 Å². The zero-order valence-corrected chi connectivity index (χ0v) is 8.97. The summed E-state index contributed by atoms with van der Waals surface area (Å²) in [5, 5.41) is 0. The van der Waals surface area contributed by atoms with Gasteiger partial charge in [0.05, 0.1) is 0 Å². The molecule has 1 nitrogen and oxygen atoms in total. The van der Waals surface area contributed by atoms with Gasteiger partial charge in [0.25, 0.3) is 0 Å². The lowest BCUT2D eigenvalue weighted by molar-refractivity contribution is 0.396. The van der Waals surface area contributed by atoms with Crippen LogP contribution in [0.2, 0.25) is 0 Å². The second kappa shape index (κ2) is 7.60. The average molecular weight is 171 g/mol. The lowest BCUT2D eigenvalue weighted by Crippen LogP contribution is -2.19. The van der Waals surface area contributed by atoms with Crippen molar-refractivity contribution in [3.63, 3.8) is 0 Å². The summed E-state index contributed by atoms with van der Waals surface area (Å²) in [7, 11) is 0. The topological polar surface area (TPSA) is 26.0 Å². The van der Waals surface area contributed by atoms with Crippen LogP contribution >= 0.6 is 0 Å². The Kier molecular flexibility index (Phi) is 7.58. The van der Waals surface area contributed by atoms with Gasteiger partial charge >= 0.3 is 0 Å². The highest BCUT2D eigenvalue weighted by molar-refractivity contribution is 4.63. The zero-order chi connectivity index (χ0) is 9.40. The average Bonchev–Trinajstić information content (AvgIpc) is 2.11. The normalized spacial score (nSPS) is 16.0. The van der Waals surface area contributed by atoms with Gasteiger partial charge in [0.1, 0.15) is 0 Å². The molecule has 0 rings (SSSR count). The van der Waals surface area contributed by atoms with Gasteiger partial charge in [0, 0.05) is 6.04 Å². The van der Waals surface area contributed by atoms with Crippen molar-refractivity contribution < 1.29 is 0 Å². The summed E-state index contributed by atoms with van der Waals surface area (Å²) in [4.78, 5) is 0. The van der Waals surface area contributed by atoms with E-state index < -0.39 is 0 Å². The smallest absolute Gasteiger partial charge is 0.00363 e. The maximum atomic E-state index is 5.87. The Morgan fingerprint density at radius 1 is 0.917 bits per heavy atom. The van der Waals surface area contributed by atoms with Gasteiger partial charge < -0.3 is 5.73 Å². The molecule has 2 N–H and O–H groups in total. The Hall–Kier alpha value is -0.0400. The number of hydrogen-bond acceptors (Lipinski definition) is 1. The maximum Gasteiger partial charge on any atom is 0.00363 e. The third kappa shape index (κ3) is 5.59. The van der Waals surface area contributed by atoms with Crippen LogP contribution in [0.25, 0.3) is 0 Å². The molecule has 74 valence electrons. The summed E-state index contributed by atoms with van der Waals surface area (Å²) in [6.45, 7) is 6.73. The first-order valence-corrected chi connectivity index (χ1v) is 5.50. The van der Waals surface area contributed by atoms with Gasteiger partial charge in [-0.2, -0.15) is 0 Å². The Balaban J connectivity index is 3.43. The number of rotatable bonds is 7. The molecular weight excluding hydrogens is 146 g/mol. The van der Waals surface area contributed by atoms with Crippen LogP contribution in [-0.4, -0.2) is 6.04 Å². The summed E-state index contributed by atoms with van der Waals surface area (Å²) in [6.07, 6.45) is 7.70. The van der Waals surface area contributed by atoms with Crippen LogP contribution < -0.4 is 5.73 Å². The molecule has 0 aliphatic heterocycles. The first-order valence-electron chi connectivity index (χ1n) is 5.50. The van der Waals surface area contributed by atoms with E-state index in [0.29, 0.717) is 6.04 Å². The van der Waals surface area contributed by atoms with E-state index in [1.807, 2.05) is 0 Å². The SMILES string of the molecule is CCCC(CC)CCC(N)CC. The van der Waals surface area contributed by atoms with Crippen molar-refractivity contribution in [1.82, 2.24) is 0 Å². The molecule has 0 fully saturated rings. The lowest BCUT2D eigenvalue weighted by atomic mass is 9.93. The third-order valence-electron chi connectivity index (χ3n) is 2.74. The number of hydrogen-bond donors (Lipinski definition) is 1. The van der Waals surface area contributed by atoms with Crippen molar-refractivity contribution in [2.45, 2.75) is 65.3 Å². The minimum Gasteiger partial charge on any atom is -0.328 e. The molecule has 2 unspecified atom stereocenters. The van der Waals surface area contributed by atoms with Crippen LogP contribution in [0.1, 0.15) is 59.3 Å². The van der Waals surface area contributed by atoms with Crippen LogP contribution in [0, 0.1) is 5.92 Å². The summed E-state index contributed by atoms with van der Waals surface area (Å²) in [5.74, 6) is 0.924. The minimum atomic E-state index is 0.441. The van der Waals surface area contributed by atoms with Gasteiger partial charge in [-0.1, -0.05) is 40.0 Å². The molecular formula is C11H25N. The van der Waals surface area contributed by atoms with Gasteiger partial charge in [-0.25, -0.2) is 0 Å². The second-order valence-corrected chi connectivity index (χ2v) is 3.81. The van der Waals surface area contributed by atoms with Crippen molar-refractivity contribution in [1.29, 1.82) is 0 Å². The van der Waals surface area contributed by atoms with Gasteiger partial charge in [-0.05, 0) is 25.2 Å². The van der Waals surface area contributed by atoms with Crippen molar-refractivity contribution in [2.24, 2.45) is 11.7 Å². The molecule has 0 bridgehead atoms. The second-order valence-electron chi connectivity index (χ2n) is 3.81. The molecule has 12 heavy (non-hydrogen) atoms. The molecule has 0 saturated carbocycles. The molecule has 0 aromatic rings. The molecule has 0 aliphatic rings. The Morgan fingerprint density at radius 2 is 1.58 bits per heavy atom. The monoisotopic (exact) mass is 171 g/mol. The van der Waals surface area contributed by atoms with E-state index in [1.54, 1.807) is 0 Å². The van der Waals surface area contributed by atoms with E-state index in [4.69, 9.17) is 5.73 Å². The van der Waals surface area contributed by atoms with Crippen LogP contribution in [0.4, 0.5) is 0 Å². The van der Waals surface area contributed by atoms with Crippen molar-refractivity contribution in [3.8, 4) is 0 Å². The fraction of sp³-hybridized carbons (Fsp3) is 1.00. The zero-order valence-electron chi connectivity index (χ0n) is 8.97. The Labute approximate surface area is 77.7 Å². The molecule has 0 aliphatic carbocycles. The fourth-order valence-electron chi connectivity index (χ4n) is 1.61. The molecule has 0 aromatic carbocycles. The lowest BCUT2D eigenvalue weighted by Gasteiger charge is -2.15. The first-order chi connectivity index (χ1) is 5.74. The highest BCUT2D eigenvalue weighted by Gasteiger charge is 2.07. The Bertz CT molecular complexity index is 91.0. The van der Waals surface area contributed by atoms with Crippen LogP contribution in [0.5, 0.6) is 0 Å². The molecule has 0 radical (unpaired) electrons. The molecule has 2 atom stereocenters. The summed E-state index contributed by atoms with van der Waals surface area (Å²) in [5.41, 5.74) is 5.87. The molecule has 0 heterocycles. The Morgan fingerprint density at radius 3 is 2.00 bits per heavy atom. The molecule has 0 saturated heterocycles. The van der Waals surface area contributed by atoms with Gasteiger partial charge in [-0.15, -0.1) is 0 Å². The van der Waals surface area contributed by atoms with Crippen molar-refractivity contribution in [3.05, 3.63) is 0 Å². The van der Waals surface area contributed by atoms with E-state index in [1.165, 1.54) is 32.1 Å². The van der Waals surface area contributed by atoms with E-state index in [0.717, 1.165) is 12.3 Å². The summed E-state index contributed by atoms with van der Waals surface area (Å²) < 4.78 is 0. The summed E-state index contributed by atoms with van der Waals surface area (Å²) in [6, 6.07) is 0.441. The largest absolute Gasteiger partial charge is 0.328 e. The highest BCUT2D eigenvalue weighted by atomic mass is 14.6. The predicted molar refractivity (Wildman–Crippen MR) is 56.2 cm³/mol. The quantitative estimate of drug-likeness (QED) is 0.624. The van der Waals surface area contributed by atoms with Gasteiger partial charge in [-0.3, -0.25) is 0 Å². The van der Waals surface area contributed by atoms with Crippen LogP contribution in [-0.2, 0) is 0 Å². The van der Waals surface area contributed by atoms with E-state index in [-0.39, 0.29) is 0 Å². The van der Waals surface area contributed by atoms with Gasteiger partial charge in [0.2, 0.25) is 0 Å². The molecule has 0 amide bonds.